The summed E-state index contributed by atoms with van der Waals surface area (Å²) in [4.78, 5) is 15.3. The van der Waals surface area contributed by atoms with Gasteiger partial charge in [0.05, 0.1) is 11.2 Å². The molecule has 1 fully saturated rings. The van der Waals surface area contributed by atoms with Crippen molar-refractivity contribution in [2.24, 2.45) is 5.92 Å². The zero-order valence-electron chi connectivity index (χ0n) is 13.0. The molecular formula is C17H21F2NOSi. The lowest BCUT2D eigenvalue weighted by molar-refractivity contribution is 0.0953. The standard InChI is InChI=1S/C17H21F2NOSi/c1-22(2)5-3-11(4-6-22)7-17(21)16-10-13-14(19)8-12(18)9-15(13)20-16/h8-11,20H,3-7H2,1-2H3. The normalized spacial score (nSPS) is 18.7. The van der Waals surface area contributed by atoms with E-state index in [-0.39, 0.29) is 11.2 Å². The van der Waals surface area contributed by atoms with Crippen LogP contribution in [0.3, 0.4) is 0 Å². The van der Waals surface area contributed by atoms with Gasteiger partial charge in [-0.2, -0.15) is 0 Å². The molecular weight excluding hydrogens is 300 g/mol. The molecule has 1 aromatic carbocycles. The molecule has 1 N–H and O–H groups in total. The van der Waals surface area contributed by atoms with Gasteiger partial charge >= 0.3 is 0 Å². The summed E-state index contributed by atoms with van der Waals surface area (Å²) in [6.07, 6.45) is 2.74. The topological polar surface area (TPSA) is 32.9 Å². The maximum atomic E-state index is 13.7. The molecule has 1 aliphatic heterocycles. The van der Waals surface area contributed by atoms with E-state index >= 15 is 0 Å². The van der Waals surface area contributed by atoms with E-state index in [1.165, 1.54) is 24.2 Å². The molecule has 2 aromatic rings. The van der Waals surface area contributed by atoms with E-state index in [0.717, 1.165) is 18.9 Å². The Labute approximate surface area is 129 Å². The van der Waals surface area contributed by atoms with Crippen LogP contribution in [0.5, 0.6) is 0 Å². The minimum Gasteiger partial charge on any atom is -0.352 e. The number of carbonyl (C=O) groups excluding carboxylic acids is 1. The predicted octanol–water partition coefficient (Wildman–Crippen LogP) is 5.14. The first-order valence-electron chi connectivity index (χ1n) is 7.85. The number of benzene rings is 1. The summed E-state index contributed by atoms with van der Waals surface area (Å²) in [6.45, 7) is 4.81. The Bertz CT molecular complexity index is 713. The van der Waals surface area contributed by atoms with Crippen LogP contribution in [0.25, 0.3) is 10.9 Å². The lowest BCUT2D eigenvalue weighted by Gasteiger charge is -2.32. The number of rotatable bonds is 3. The molecule has 0 amide bonds. The monoisotopic (exact) mass is 321 g/mol. The van der Waals surface area contributed by atoms with Crippen LogP contribution < -0.4 is 0 Å². The summed E-state index contributed by atoms with van der Waals surface area (Å²) >= 11 is 0. The van der Waals surface area contributed by atoms with Crippen LogP contribution in [0.1, 0.15) is 29.8 Å². The Kier molecular flexibility index (Phi) is 3.93. The maximum absolute atomic E-state index is 13.7. The fraction of sp³-hybridized carbons (Fsp3) is 0.471. The molecule has 0 aliphatic carbocycles. The summed E-state index contributed by atoms with van der Waals surface area (Å²) in [5, 5.41) is 0.280. The van der Waals surface area contributed by atoms with Gasteiger partial charge in [-0.05, 0) is 18.1 Å². The number of aromatic nitrogens is 1. The van der Waals surface area contributed by atoms with Crippen molar-refractivity contribution in [2.75, 3.05) is 0 Å². The zero-order chi connectivity index (χ0) is 15.9. The number of Topliss-reactive ketones (excluding diaryl/α,β-unsaturated/α-hetero) is 1. The average Bonchev–Trinajstić information content (AvgIpc) is 2.85. The molecule has 1 aromatic heterocycles. The highest BCUT2D eigenvalue weighted by atomic mass is 28.3. The number of halogens is 2. The molecule has 22 heavy (non-hydrogen) atoms. The second-order valence-electron chi connectivity index (χ2n) is 7.27. The van der Waals surface area contributed by atoms with Gasteiger partial charge in [0.25, 0.3) is 0 Å². The van der Waals surface area contributed by atoms with Crippen molar-refractivity contribution in [1.82, 2.24) is 4.98 Å². The Hall–Kier alpha value is -1.49. The molecule has 2 heterocycles. The van der Waals surface area contributed by atoms with E-state index in [0.29, 0.717) is 23.5 Å². The first-order chi connectivity index (χ1) is 10.3. The van der Waals surface area contributed by atoms with E-state index in [1.807, 2.05) is 0 Å². The first kappa shape index (κ1) is 15.4. The van der Waals surface area contributed by atoms with Crippen molar-refractivity contribution in [2.45, 2.75) is 44.4 Å². The minimum absolute atomic E-state index is 0.00220. The molecule has 2 nitrogen and oxygen atoms in total. The third-order valence-electron chi connectivity index (χ3n) is 4.89. The second-order valence-corrected chi connectivity index (χ2v) is 12.6. The molecule has 1 saturated heterocycles. The van der Waals surface area contributed by atoms with Crippen LogP contribution >= 0.6 is 0 Å². The molecule has 0 spiro atoms. The quantitative estimate of drug-likeness (QED) is 0.616. The van der Waals surface area contributed by atoms with E-state index < -0.39 is 19.7 Å². The third kappa shape index (κ3) is 3.14. The number of nitrogens with one attached hydrogen (secondary N) is 1. The van der Waals surface area contributed by atoms with E-state index in [9.17, 15) is 13.6 Å². The van der Waals surface area contributed by atoms with Gasteiger partial charge in [0.1, 0.15) is 11.6 Å². The fourth-order valence-corrected chi connectivity index (χ4v) is 5.98. The van der Waals surface area contributed by atoms with E-state index in [2.05, 4.69) is 18.1 Å². The lowest BCUT2D eigenvalue weighted by atomic mass is 9.95. The maximum Gasteiger partial charge on any atom is 0.179 e. The highest BCUT2D eigenvalue weighted by Gasteiger charge is 2.29. The third-order valence-corrected chi connectivity index (χ3v) is 8.17. The van der Waals surface area contributed by atoms with Gasteiger partial charge in [-0.1, -0.05) is 38.0 Å². The lowest BCUT2D eigenvalue weighted by Crippen LogP contribution is -2.31. The molecule has 0 unspecified atom stereocenters. The van der Waals surface area contributed by atoms with Crippen molar-refractivity contribution in [3.05, 3.63) is 35.5 Å². The van der Waals surface area contributed by atoms with Crippen molar-refractivity contribution in [3.63, 3.8) is 0 Å². The smallest absolute Gasteiger partial charge is 0.179 e. The molecule has 0 radical (unpaired) electrons. The van der Waals surface area contributed by atoms with Crippen molar-refractivity contribution >= 4 is 24.8 Å². The Morgan fingerprint density at radius 1 is 1.23 bits per heavy atom. The van der Waals surface area contributed by atoms with Crippen molar-refractivity contribution in [1.29, 1.82) is 0 Å². The van der Waals surface area contributed by atoms with Gasteiger partial charge in [0, 0.05) is 25.9 Å². The van der Waals surface area contributed by atoms with Crippen LogP contribution in [-0.4, -0.2) is 18.8 Å². The average molecular weight is 321 g/mol. The number of H-pyrrole nitrogens is 1. The number of fused-ring (bicyclic) bond motifs is 1. The summed E-state index contributed by atoms with van der Waals surface area (Å²) < 4.78 is 26.9. The Morgan fingerprint density at radius 2 is 1.91 bits per heavy atom. The van der Waals surface area contributed by atoms with Gasteiger partial charge in [0.2, 0.25) is 0 Å². The molecule has 0 bridgehead atoms. The Balaban J connectivity index is 1.74. The second kappa shape index (κ2) is 5.61. The van der Waals surface area contributed by atoms with Gasteiger partial charge in [-0.25, -0.2) is 8.78 Å². The van der Waals surface area contributed by atoms with Crippen molar-refractivity contribution in [3.8, 4) is 0 Å². The predicted molar refractivity (Wildman–Crippen MR) is 87.0 cm³/mol. The highest BCUT2D eigenvalue weighted by Crippen LogP contribution is 2.34. The zero-order valence-corrected chi connectivity index (χ0v) is 14.0. The summed E-state index contributed by atoms with van der Waals surface area (Å²) in [7, 11) is -1.01. The van der Waals surface area contributed by atoms with Gasteiger partial charge < -0.3 is 4.98 Å². The largest absolute Gasteiger partial charge is 0.352 e. The summed E-state index contributed by atoms with van der Waals surface area (Å²) in [5.74, 6) is -0.829. The van der Waals surface area contributed by atoms with Crippen LogP contribution in [-0.2, 0) is 0 Å². The first-order valence-corrected chi connectivity index (χ1v) is 11.3. The van der Waals surface area contributed by atoms with E-state index in [4.69, 9.17) is 0 Å². The molecule has 5 heteroatoms. The number of carbonyl (C=O) groups is 1. The fourth-order valence-electron chi connectivity index (χ4n) is 3.35. The number of hydrogen-bond donors (Lipinski definition) is 1. The number of aromatic amines is 1. The summed E-state index contributed by atoms with van der Waals surface area (Å²) in [6, 6.07) is 6.13. The van der Waals surface area contributed by atoms with E-state index in [1.54, 1.807) is 0 Å². The molecule has 3 rings (SSSR count). The van der Waals surface area contributed by atoms with Crippen molar-refractivity contribution < 1.29 is 13.6 Å². The van der Waals surface area contributed by atoms with Gasteiger partial charge in [0.15, 0.2) is 5.78 Å². The van der Waals surface area contributed by atoms with Crippen LogP contribution in [0.15, 0.2) is 18.2 Å². The van der Waals surface area contributed by atoms with Gasteiger partial charge in [-0.15, -0.1) is 0 Å². The van der Waals surface area contributed by atoms with Crippen LogP contribution in [0.4, 0.5) is 8.78 Å². The highest BCUT2D eigenvalue weighted by molar-refractivity contribution is 6.77. The number of ketones is 1. The van der Waals surface area contributed by atoms with Crippen LogP contribution in [0, 0.1) is 17.6 Å². The van der Waals surface area contributed by atoms with Gasteiger partial charge in [-0.3, -0.25) is 4.79 Å². The van der Waals surface area contributed by atoms with Crippen LogP contribution in [0.2, 0.25) is 25.2 Å². The SMILES string of the molecule is C[Si]1(C)CCC(CC(=O)c2cc3c(F)cc(F)cc3[nH]2)CC1. The summed E-state index contributed by atoms with van der Waals surface area (Å²) in [5.41, 5.74) is 0.736. The minimum atomic E-state index is -1.01. The number of hydrogen-bond acceptors (Lipinski definition) is 1. The molecule has 118 valence electrons. The molecule has 0 atom stereocenters. The Morgan fingerprint density at radius 3 is 2.59 bits per heavy atom. The molecule has 1 aliphatic rings. The molecule has 0 saturated carbocycles.